The van der Waals surface area contributed by atoms with Crippen LogP contribution < -0.4 is 5.32 Å². The van der Waals surface area contributed by atoms with Crippen LogP contribution in [0.1, 0.15) is 13.3 Å². The van der Waals surface area contributed by atoms with Gasteiger partial charge in [0.15, 0.2) is 10.8 Å². The second kappa shape index (κ2) is 8.41. The molecule has 0 unspecified atom stereocenters. The van der Waals surface area contributed by atoms with Crippen molar-refractivity contribution in [1.82, 2.24) is 30.1 Å². The number of hydrogen-bond donors (Lipinski definition) is 3. The van der Waals surface area contributed by atoms with Crippen molar-refractivity contribution in [1.29, 1.82) is 0 Å². The van der Waals surface area contributed by atoms with Gasteiger partial charge in [-0.3, -0.25) is 19.9 Å². The minimum absolute atomic E-state index is 0.0763. The van der Waals surface area contributed by atoms with E-state index in [9.17, 15) is 9.18 Å². The van der Waals surface area contributed by atoms with Gasteiger partial charge in [-0.15, -0.1) is 11.3 Å². The zero-order valence-electron chi connectivity index (χ0n) is 18.5. The number of hydrogen-bond acceptors (Lipinski definition) is 6. The minimum atomic E-state index is -0.238. The number of rotatable bonds is 5. The average Bonchev–Trinajstić information content (AvgIpc) is 3.61. The second-order valence-corrected chi connectivity index (χ2v) is 9.03. The van der Waals surface area contributed by atoms with Gasteiger partial charge >= 0.3 is 0 Å². The lowest BCUT2D eigenvalue weighted by molar-refractivity contribution is -0.115. The van der Waals surface area contributed by atoms with Gasteiger partial charge in [-0.1, -0.05) is 6.92 Å². The van der Waals surface area contributed by atoms with Crippen LogP contribution in [0.2, 0.25) is 0 Å². The van der Waals surface area contributed by atoms with Crippen molar-refractivity contribution >= 4 is 44.9 Å². The summed E-state index contributed by atoms with van der Waals surface area (Å²) in [6.07, 6.45) is 8.95. The number of carbonyl (C=O) groups is 1. The Morgan fingerprint density at radius 2 is 1.89 bits per heavy atom. The molecule has 1 amide bonds. The number of anilines is 1. The van der Waals surface area contributed by atoms with Gasteiger partial charge < -0.3 is 10.3 Å². The molecule has 0 atom stereocenters. The molecule has 0 saturated carbocycles. The summed E-state index contributed by atoms with van der Waals surface area (Å²) in [5, 5.41) is 11.8. The number of halogens is 1. The smallest absolute Gasteiger partial charge is 0.224 e. The van der Waals surface area contributed by atoms with Gasteiger partial charge in [0.2, 0.25) is 5.91 Å². The quantitative estimate of drug-likeness (QED) is 0.288. The Kier molecular flexibility index (Phi) is 5.07. The predicted molar refractivity (Wildman–Crippen MR) is 134 cm³/mol. The first-order valence-corrected chi connectivity index (χ1v) is 11.7. The molecule has 6 rings (SSSR count). The predicted octanol–water partition coefficient (Wildman–Crippen LogP) is 5.78. The highest BCUT2D eigenvalue weighted by atomic mass is 32.1. The number of fused-ring (bicyclic) bond motifs is 2. The fourth-order valence-electron chi connectivity index (χ4n) is 4.02. The van der Waals surface area contributed by atoms with Crippen LogP contribution in [0.3, 0.4) is 0 Å². The first-order valence-electron chi connectivity index (χ1n) is 10.9. The number of aromatic amines is 2. The Morgan fingerprint density at radius 3 is 2.71 bits per heavy atom. The van der Waals surface area contributed by atoms with E-state index in [1.807, 2.05) is 18.2 Å². The Hall–Kier alpha value is -4.44. The molecule has 10 heteroatoms. The zero-order chi connectivity index (χ0) is 23.9. The zero-order valence-corrected chi connectivity index (χ0v) is 19.3. The number of amides is 1. The maximum atomic E-state index is 13.6. The molecule has 8 nitrogen and oxygen atoms in total. The maximum Gasteiger partial charge on any atom is 0.224 e. The summed E-state index contributed by atoms with van der Waals surface area (Å²) in [5.41, 5.74) is 6.11. The van der Waals surface area contributed by atoms with Crippen LogP contribution in [-0.4, -0.2) is 36.0 Å². The molecule has 6 aromatic heterocycles. The molecule has 0 aliphatic heterocycles. The van der Waals surface area contributed by atoms with Crippen LogP contribution in [-0.2, 0) is 4.79 Å². The number of pyridine rings is 3. The van der Waals surface area contributed by atoms with Gasteiger partial charge in [0.25, 0.3) is 0 Å². The van der Waals surface area contributed by atoms with Crippen LogP contribution in [0.4, 0.5) is 10.1 Å². The first-order chi connectivity index (χ1) is 17.1. The van der Waals surface area contributed by atoms with E-state index in [1.165, 1.54) is 6.07 Å². The summed E-state index contributed by atoms with van der Waals surface area (Å²) in [5.74, 6) is -0.0763. The van der Waals surface area contributed by atoms with E-state index in [1.54, 1.807) is 44.0 Å². The molecule has 0 fully saturated rings. The number of carbonyl (C=O) groups excluding carboxylic acids is 1. The molecule has 3 N–H and O–H groups in total. The summed E-state index contributed by atoms with van der Waals surface area (Å²) in [7, 11) is 0. The van der Waals surface area contributed by atoms with Gasteiger partial charge in [-0.2, -0.15) is 9.49 Å². The van der Waals surface area contributed by atoms with Gasteiger partial charge in [0.1, 0.15) is 5.69 Å². The van der Waals surface area contributed by atoms with Crippen LogP contribution in [0, 0.1) is 5.13 Å². The van der Waals surface area contributed by atoms with Crippen molar-refractivity contribution in [3.05, 3.63) is 66.4 Å². The molecule has 0 radical (unpaired) electrons. The van der Waals surface area contributed by atoms with Crippen molar-refractivity contribution < 1.29 is 9.18 Å². The molecular weight excluding hydrogens is 465 g/mol. The molecule has 6 heterocycles. The average molecular weight is 484 g/mol. The molecule has 0 aliphatic rings. The number of H-pyrrole nitrogens is 2. The normalized spacial score (nSPS) is 11.4. The molecule has 172 valence electrons. The fourth-order valence-corrected chi connectivity index (χ4v) is 4.77. The highest BCUT2D eigenvalue weighted by molar-refractivity contribution is 7.14. The molecule has 6 aromatic rings. The Morgan fingerprint density at radius 1 is 1.03 bits per heavy atom. The van der Waals surface area contributed by atoms with Gasteiger partial charge in [0.05, 0.1) is 29.3 Å². The molecule has 0 aromatic carbocycles. The molecule has 35 heavy (non-hydrogen) atoms. The molecule has 0 aliphatic carbocycles. The van der Waals surface area contributed by atoms with Crippen molar-refractivity contribution in [2.24, 2.45) is 0 Å². The van der Waals surface area contributed by atoms with Crippen molar-refractivity contribution in [2.75, 3.05) is 5.32 Å². The number of aromatic nitrogens is 6. The maximum absolute atomic E-state index is 13.6. The highest BCUT2D eigenvalue weighted by Crippen LogP contribution is 2.36. The van der Waals surface area contributed by atoms with Crippen molar-refractivity contribution in [2.45, 2.75) is 13.3 Å². The van der Waals surface area contributed by atoms with Crippen LogP contribution >= 0.6 is 11.3 Å². The van der Waals surface area contributed by atoms with Gasteiger partial charge in [0, 0.05) is 57.4 Å². The van der Waals surface area contributed by atoms with Crippen LogP contribution in [0.5, 0.6) is 0 Å². The molecule has 0 saturated heterocycles. The van der Waals surface area contributed by atoms with E-state index in [-0.39, 0.29) is 11.0 Å². The van der Waals surface area contributed by atoms with Crippen molar-refractivity contribution in [3.63, 3.8) is 0 Å². The third-order valence-corrected chi connectivity index (χ3v) is 6.64. The van der Waals surface area contributed by atoms with Crippen LogP contribution in [0.15, 0.2) is 61.3 Å². The van der Waals surface area contributed by atoms with Gasteiger partial charge in [-0.25, -0.2) is 4.98 Å². The lowest BCUT2D eigenvalue weighted by Gasteiger charge is -2.06. The summed E-state index contributed by atoms with van der Waals surface area (Å²) in [6.45, 7) is 1.80. The van der Waals surface area contributed by atoms with E-state index in [4.69, 9.17) is 0 Å². The van der Waals surface area contributed by atoms with E-state index in [0.717, 1.165) is 54.9 Å². The SMILES string of the molecule is CCC(=O)Nc1cncc(-c2cnc3[nH]nc(-c4cc5c(-c6ccc(F)s6)cncc5[nH]4)c3c2)c1. The lowest BCUT2D eigenvalue weighted by atomic mass is 10.1. The summed E-state index contributed by atoms with van der Waals surface area (Å²) in [4.78, 5) is 29.1. The standard InChI is InChI=1S/C25H18FN7OS/c1-2-23(34)30-15-5-13(8-27-10-15)14-6-17-24(32-33-25(17)29-9-14)19-7-16-18(11-28-12-20(16)31-19)21-3-4-22(26)35-21/h3-12,31H,2H2,1H3,(H,30,34)(H,29,32,33). The number of nitrogens with one attached hydrogen (secondary N) is 3. The third-order valence-electron chi connectivity index (χ3n) is 5.73. The largest absolute Gasteiger partial charge is 0.352 e. The number of nitrogens with zero attached hydrogens (tertiary/aromatic N) is 4. The topological polar surface area (TPSA) is 112 Å². The van der Waals surface area contributed by atoms with E-state index in [0.29, 0.717) is 23.4 Å². The summed E-state index contributed by atoms with van der Waals surface area (Å²) >= 11 is 1.09. The van der Waals surface area contributed by atoms with Gasteiger partial charge in [-0.05, 0) is 30.3 Å². The van der Waals surface area contributed by atoms with E-state index >= 15 is 0 Å². The van der Waals surface area contributed by atoms with Crippen molar-refractivity contribution in [3.8, 4) is 33.0 Å². The minimum Gasteiger partial charge on any atom is -0.352 e. The Balaban J connectivity index is 1.43. The molecular formula is C25H18FN7OS. The van der Waals surface area contributed by atoms with Crippen LogP contribution in [0.25, 0.3) is 54.9 Å². The Labute approximate surface area is 202 Å². The lowest BCUT2D eigenvalue weighted by Crippen LogP contribution is -2.09. The third kappa shape index (κ3) is 3.83. The molecule has 0 spiro atoms. The second-order valence-electron chi connectivity index (χ2n) is 7.99. The summed E-state index contributed by atoms with van der Waals surface area (Å²) in [6, 6.07) is 9.06. The first kappa shape index (κ1) is 21.1. The Bertz CT molecular complexity index is 1720. The van der Waals surface area contributed by atoms with E-state index in [2.05, 4.69) is 35.5 Å². The fraction of sp³-hybridized carbons (Fsp3) is 0.0800. The molecule has 0 bridgehead atoms. The monoisotopic (exact) mass is 483 g/mol. The number of thiophene rings is 1. The highest BCUT2D eigenvalue weighted by Gasteiger charge is 2.16. The van der Waals surface area contributed by atoms with E-state index < -0.39 is 0 Å². The summed E-state index contributed by atoms with van der Waals surface area (Å²) < 4.78 is 13.6.